The first-order valence-electron chi connectivity index (χ1n) is 5.63. The normalized spacial score (nSPS) is 10.9. The van der Waals surface area contributed by atoms with Gasteiger partial charge in [-0.05, 0) is 33.9 Å². The quantitative estimate of drug-likeness (QED) is 0.642. The Kier molecular flexibility index (Phi) is 10.4. The maximum Gasteiger partial charge on any atom is 0.332 e. The van der Waals surface area contributed by atoms with Gasteiger partial charge in [-0.25, -0.2) is 4.79 Å². The predicted octanol–water partition coefficient (Wildman–Crippen LogP) is 1.74. The number of rotatable bonds is 5. The average molecular weight is 245 g/mol. The molecule has 0 amide bonds. The molecule has 0 spiro atoms. The van der Waals surface area contributed by atoms with E-state index in [1.165, 1.54) is 6.92 Å². The molecule has 0 aliphatic heterocycles. The lowest BCUT2D eigenvalue weighted by molar-refractivity contribution is -0.143. The zero-order valence-corrected chi connectivity index (χ0v) is 11.2. The molecule has 0 bridgehead atoms. The number of carboxylic acid groups (broad SMARTS) is 2. The van der Waals surface area contributed by atoms with Gasteiger partial charge in [-0.15, -0.1) is 0 Å². The maximum atomic E-state index is 10.6. The predicted molar refractivity (Wildman–Crippen MR) is 67.0 cm³/mol. The zero-order chi connectivity index (χ0) is 14.0. The van der Waals surface area contributed by atoms with Crippen molar-refractivity contribution in [2.75, 3.05) is 13.1 Å². The summed E-state index contributed by atoms with van der Waals surface area (Å²) in [7, 11) is 0. The summed E-state index contributed by atoms with van der Waals surface area (Å²) < 4.78 is 0. The molecule has 0 aromatic heterocycles. The van der Waals surface area contributed by atoms with Crippen LogP contribution in [0.4, 0.5) is 0 Å². The number of aliphatic carboxylic acids is 2. The molecule has 0 radical (unpaired) electrons. The van der Waals surface area contributed by atoms with Crippen molar-refractivity contribution in [3.8, 4) is 0 Å². The topological polar surface area (TPSA) is 86.6 Å². The fourth-order valence-electron chi connectivity index (χ4n) is 1.21. The lowest BCUT2D eigenvalue weighted by atomic mass is 9.97. The van der Waals surface area contributed by atoms with Crippen LogP contribution in [0.3, 0.4) is 0 Å². The van der Waals surface area contributed by atoms with E-state index >= 15 is 0 Å². The van der Waals surface area contributed by atoms with Crippen LogP contribution in [0.25, 0.3) is 0 Å². The van der Waals surface area contributed by atoms with Crippen molar-refractivity contribution in [3.63, 3.8) is 0 Å². The van der Waals surface area contributed by atoms with Crippen molar-refractivity contribution in [1.29, 1.82) is 0 Å². The van der Waals surface area contributed by atoms with Crippen LogP contribution in [0.5, 0.6) is 0 Å². The van der Waals surface area contributed by atoms with E-state index in [4.69, 9.17) is 10.2 Å². The van der Waals surface area contributed by atoms with Crippen LogP contribution >= 0.6 is 0 Å². The van der Waals surface area contributed by atoms with E-state index in [2.05, 4.69) is 19.2 Å². The third kappa shape index (κ3) is 8.45. The van der Waals surface area contributed by atoms with Crippen LogP contribution in [0.15, 0.2) is 11.1 Å². The molecule has 0 aliphatic rings. The summed E-state index contributed by atoms with van der Waals surface area (Å²) in [5.41, 5.74) is 0.486. The Hall–Kier alpha value is -1.36. The molecule has 100 valence electrons. The lowest BCUT2D eigenvalue weighted by Gasteiger charge is -2.08. The number of hydrogen-bond donors (Lipinski definition) is 3. The first-order valence-corrected chi connectivity index (χ1v) is 5.63. The number of carbonyl (C=O) groups is 2. The van der Waals surface area contributed by atoms with Gasteiger partial charge in [-0.3, -0.25) is 4.79 Å². The van der Waals surface area contributed by atoms with E-state index in [-0.39, 0.29) is 5.57 Å². The van der Waals surface area contributed by atoms with Crippen molar-refractivity contribution in [2.45, 2.75) is 34.6 Å². The summed E-state index contributed by atoms with van der Waals surface area (Å²) in [6.07, 6.45) is 0. The Morgan fingerprint density at radius 2 is 1.53 bits per heavy atom. The molecule has 1 atom stereocenters. The molecular formula is C12H23NO4. The number of allylic oxidation sites excluding steroid dienone is 1. The van der Waals surface area contributed by atoms with Crippen molar-refractivity contribution >= 4 is 11.9 Å². The Morgan fingerprint density at radius 1 is 1.12 bits per heavy atom. The molecule has 3 N–H and O–H groups in total. The van der Waals surface area contributed by atoms with Gasteiger partial charge in [0.1, 0.15) is 0 Å². The molecule has 5 heteroatoms. The largest absolute Gasteiger partial charge is 0.481 e. The molecule has 0 fully saturated rings. The van der Waals surface area contributed by atoms with Crippen molar-refractivity contribution in [3.05, 3.63) is 11.1 Å². The Labute approximate surface area is 103 Å². The second kappa shape index (κ2) is 9.84. The Balaban J connectivity index is 0. The van der Waals surface area contributed by atoms with Crippen molar-refractivity contribution < 1.29 is 19.8 Å². The van der Waals surface area contributed by atoms with Crippen LogP contribution in [0.2, 0.25) is 0 Å². The fourth-order valence-corrected chi connectivity index (χ4v) is 1.21. The van der Waals surface area contributed by atoms with Gasteiger partial charge in [0.25, 0.3) is 0 Å². The van der Waals surface area contributed by atoms with Crippen LogP contribution in [-0.4, -0.2) is 35.2 Å². The number of carboxylic acids is 2. The van der Waals surface area contributed by atoms with E-state index in [1.54, 1.807) is 13.8 Å². The molecule has 0 saturated carbocycles. The highest BCUT2D eigenvalue weighted by Gasteiger charge is 2.23. The highest BCUT2D eigenvalue weighted by Crippen LogP contribution is 2.15. The number of nitrogens with one attached hydrogen (secondary N) is 1. The molecule has 0 aromatic rings. The van der Waals surface area contributed by atoms with Crippen molar-refractivity contribution in [1.82, 2.24) is 5.32 Å². The molecule has 0 aliphatic carbocycles. The third-order valence-electron chi connectivity index (χ3n) is 2.07. The lowest BCUT2D eigenvalue weighted by Crippen LogP contribution is -2.19. The second-order valence-electron chi connectivity index (χ2n) is 3.74. The van der Waals surface area contributed by atoms with Gasteiger partial charge < -0.3 is 15.5 Å². The summed E-state index contributed by atoms with van der Waals surface area (Å²) in [6, 6.07) is 0. The highest BCUT2D eigenvalue weighted by molar-refractivity contribution is 5.94. The minimum absolute atomic E-state index is 0.0394. The van der Waals surface area contributed by atoms with Gasteiger partial charge in [0.15, 0.2) is 0 Å². The molecule has 17 heavy (non-hydrogen) atoms. The molecule has 0 rings (SSSR count). The van der Waals surface area contributed by atoms with Gasteiger partial charge in [0, 0.05) is 5.57 Å². The van der Waals surface area contributed by atoms with E-state index in [1.807, 2.05) is 0 Å². The van der Waals surface area contributed by atoms with E-state index < -0.39 is 17.9 Å². The monoisotopic (exact) mass is 245 g/mol. The molecule has 0 heterocycles. The molecule has 0 aromatic carbocycles. The van der Waals surface area contributed by atoms with Crippen LogP contribution in [0.1, 0.15) is 34.6 Å². The van der Waals surface area contributed by atoms with E-state index in [9.17, 15) is 9.59 Å². The van der Waals surface area contributed by atoms with Gasteiger partial charge in [-0.2, -0.15) is 0 Å². The first-order chi connectivity index (χ1) is 7.79. The molecule has 0 saturated heterocycles. The fraction of sp³-hybridized carbons (Fsp3) is 0.667. The standard InChI is InChI=1S/C8H12O4.C4H11N/c1-4(2)6(8(11)12)5(3)7(9)10;1-3-5-4-2/h5H,1-3H3,(H,9,10)(H,11,12);5H,3-4H2,1-2H3. The molecule has 1 unspecified atom stereocenters. The van der Waals surface area contributed by atoms with E-state index in [0.29, 0.717) is 5.57 Å². The Morgan fingerprint density at radius 3 is 1.59 bits per heavy atom. The number of hydrogen-bond acceptors (Lipinski definition) is 3. The second-order valence-corrected chi connectivity index (χ2v) is 3.74. The smallest absolute Gasteiger partial charge is 0.332 e. The van der Waals surface area contributed by atoms with Gasteiger partial charge >= 0.3 is 11.9 Å². The average Bonchev–Trinajstić information content (AvgIpc) is 2.18. The van der Waals surface area contributed by atoms with Crippen LogP contribution in [0, 0.1) is 5.92 Å². The first kappa shape index (κ1) is 18.0. The van der Waals surface area contributed by atoms with Gasteiger partial charge in [0.2, 0.25) is 0 Å². The SMILES string of the molecule is CC(C)=C(C(=O)O)C(C)C(=O)O.CCNCC. The van der Waals surface area contributed by atoms with E-state index in [0.717, 1.165) is 13.1 Å². The zero-order valence-electron chi connectivity index (χ0n) is 11.2. The highest BCUT2D eigenvalue weighted by atomic mass is 16.4. The third-order valence-corrected chi connectivity index (χ3v) is 2.07. The van der Waals surface area contributed by atoms with Crippen molar-refractivity contribution in [2.24, 2.45) is 5.92 Å². The summed E-state index contributed by atoms with van der Waals surface area (Å²) in [5.74, 6) is -3.23. The maximum absolute atomic E-state index is 10.6. The minimum Gasteiger partial charge on any atom is -0.481 e. The van der Waals surface area contributed by atoms with Gasteiger partial charge in [0.05, 0.1) is 5.92 Å². The summed E-state index contributed by atoms with van der Waals surface area (Å²) >= 11 is 0. The summed E-state index contributed by atoms with van der Waals surface area (Å²) in [4.78, 5) is 21.0. The minimum atomic E-state index is -1.16. The van der Waals surface area contributed by atoms with Crippen LogP contribution < -0.4 is 5.32 Å². The molecular weight excluding hydrogens is 222 g/mol. The van der Waals surface area contributed by atoms with Gasteiger partial charge in [-0.1, -0.05) is 19.4 Å². The molecule has 5 nitrogen and oxygen atoms in total. The summed E-state index contributed by atoms with van der Waals surface area (Å²) in [5, 5.41) is 20.3. The van der Waals surface area contributed by atoms with Crippen LogP contribution in [-0.2, 0) is 9.59 Å². The summed E-state index contributed by atoms with van der Waals surface area (Å²) in [6.45, 7) is 10.9. The Bertz CT molecular complexity index is 278.